The number of likely N-dealkylation sites (tertiary alicyclic amines) is 1. The molecule has 1 aliphatic rings. The number of aromatic nitrogens is 1. The zero-order valence-corrected chi connectivity index (χ0v) is 12.6. The standard InChI is InChI=1S/C12H16ClN3O3S/c1-20(18,19)15-9-4-3-7-16(8-9)12(17)10-5-2-6-11(13)14-10/h2,5-6,9,15H,3-4,7-8H2,1H3. The first-order chi connectivity index (χ1) is 9.35. The second-order valence-electron chi connectivity index (χ2n) is 4.83. The lowest BCUT2D eigenvalue weighted by Gasteiger charge is -2.32. The number of pyridine rings is 1. The van der Waals surface area contributed by atoms with Gasteiger partial charge in [-0.15, -0.1) is 0 Å². The third-order valence-corrected chi connectivity index (χ3v) is 4.00. The Kier molecular flexibility index (Phi) is 4.62. The minimum absolute atomic E-state index is 0.229. The Balaban J connectivity index is 2.07. The van der Waals surface area contributed by atoms with Crippen molar-refractivity contribution in [1.82, 2.24) is 14.6 Å². The van der Waals surface area contributed by atoms with Crippen molar-refractivity contribution in [2.75, 3.05) is 19.3 Å². The normalized spacial score (nSPS) is 19.9. The van der Waals surface area contributed by atoms with Crippen molar-refractivity contribution in [3.05, 3.63) is 29.0 Å². The lowest BCUT2D eigenvalue weighted by Crippen LogP contribution is -2.49. The minimum atomic E-state index is -3.27. The maximum absolute atomic E-state index is 12.3. The number of nitrogens with zero attached hydrogens (tertiary/aromatic N) is 2. The average molecular weight is 318 g/mol. The van der Waals surface area contributed by atoms with Gasteiger partial charge in [0.05, 0.1) is 6.26 Å². The minimum Gasteiger partial charge on any atom is -0.336 e. The molecule has 2 heterocycles. The van der Waals surface area contributed by atoms with Crippen LogP contribution in [-0.4, -0.2) is 49.6 Å². The highest BCUT2D eigenvalue weighted by Gasteiger charge is 2.26. The van der Waals surface area contributed by atoms with Crippen LogP contribution in [-0.2, 0) is 10.0 Å². The van der Waals surface area contributed by atoms with Gasteiger partial charge in [-0.1, -0.05) is 17.7 Å². The topological polar surface area (TPSA) is 79.4 Å². The maximum Gasteiger partial charge on any atom is 0.272 e. The molecule has 0 bridgehead atoms. The SMILES string of the molecule is CS(=O)(=O)NC1CCCN(C(=O)c2cccc(Cl)n2)C1. The number of halogens is 1. The number of rotatable bonds is 3. The number of piperidine rings is 1. The molecule has 0 aliphatic carbocycles. The third-order valence-electron chi connectivity index (χ3n) is 3.02. The first-order valence-electron chi connectivity index (χ1n) is 6.24. The monoisotopic (exact) mass is 317 g/mol. The summed E-state index contributed by atoms with van der Waals surface area (Å²) in [6.07, 6.45) is 2.59. The summed E-state index contributed by atoms with van der Waals surface area (Å²) in [5.41, 5.74) is 0.275. The second-order valence-corrected chi connectivity index (χ2v) is 6.99. The summed E-state index contributed by atoms with van der Waals surface area (Å²) in [4.78, 5) is 17.9. The maximum atomic E-state index is 12.3. The van der Waals surface area contributed by atoms with Gasteiger partial charge in [0.25, 0.3) is 5.91 Å². The lowest BCUT2D eigenvalue weighted by atomic mass is 10.1. The molecule has 1 aromatic rings. The van der Waals surface area contributed by atoms with Crippen molar-refractivity contribution >= 4 is 27.5 Å². The first kappa shape index (κ1) is 15.2. The summed E-state index contributed by atoms with van der Waals surface area (Å²) in [6.45, 7) is 0.940. The van der Waals surface area contributed by atoms with Crippen molar-refractivity contribution in [3.63, 3.8) is 0 Å². The second kappa shape index (κ2) is 6.07. The van der Waals surface area contributed by atoms with Crippen LogP contribution in [0.2, 0.25) is 5.15 Å². The molecular formula is C12H16ClN3O3S. The van der Waals surface area contributed by atoms with Crippen LogP contribution < -0.4 is 4.72 Å². The van der Waals surface area contributed by atoms with Crippen LogP contribution in [0.15, 0.2) is 18.2 Å². The Morgan fingerprint density at radius 1 is 1.50 bits per heavy atom. The Hall–Kier alpha value is -1.18. The molecule has 1 saturated heterocycles. The largest absolute Gasteiger partial charge is 0.336 e. The lowest BCUT2D eigenvalue weighted by molar-refractivity contribution is 0.0697. The number of hydrogen-bond donors (Lipinski definition) is 1. The van der Waals surface area contributed by atoms with Crippen LogP contribution in [0.1, 0.15) is 23.3 Å². The highest BCUT2D eigenvalue weighted by Crippen LogP contribution is 2.14. The van der Waals surface area contributed by atoms with Crippen LogP contribution in [0.25, 0.3) is 0 Å². The van der Waals surface area contributed by atoms with Gasteiger partial charge in [-0.2, -0.15) is 0 Å². The molecule has 1 N–H and O–H groups in total. The molecule has 0 aromatic carbocycles. The van der Waals surface area contributed by atoms with Gasteiger partial charge in [-0.05, 0) is 25.0 Å². The van der Waals surface area contributed by atoms with Crippen LogP contribution >= 0.6 is 11.6 Å². The van der Waals surface area contributed by atoms with E-state index in [1.54, 1.807) is 23.1 Å². The van der Waals surface area contributed by atoms with E-state index in [4.69, 9.17) is 11.6 Å². The summed E-state index contributed by atoms with van der Waals surface area (Å²) >= 11 is 5.77. The van der Waals surface area contributed by atoms with E-state index in [9.17, 15) is 13.2 Å². The van der Waals surface area contributed by atoms with Gasteiger partial charge in [-0.3, -0.25) is 4.79 Å². The quantitative estimate of drug-likeness (QED) is 0.840. The zero-order valence-electron chi connectivity index (χ0n) is 11.0. The summed E-state index contributed by atoms with van der Waals surface area (Å²) in [5.74, 6) is -0.229. The smallest absolute Gasteiger partial charge is 0.272 e. The number of nitrogens with one attached hydrogen (secondary N) is 1. The molecule has 0 spiro atoms. The van der Waals surface area contributed by atoms with E-state index < -0.39 is 10.0 Å². The first-order valence-corrected chi connectivity index (χ1v) is 8.51. The van der Waals surface area contributed by atoms with Crippen LogP contribution in [0.5, 0.6) is 0 Å². The fraction of sp³-hybridized carbons (Fsp3) is 0.500. The van der Waals surface area contributed by atoms with Crippen LogP contribution in [0.3, 0.4) is 0 Å². The molecule has 110 valence electrons. The van der Waals surface area contributed by atoms with Crippen LogP contribution in [0.4, 0.5) is 0 Å². The van der Waals surface area contributed by atoms with E-state index in [-0.39, 0.29) is 22.8 Å². The van der Waals surface area contributed by atoms with E-state index in [0.29, 0.717) is 13.1 Å². The predicted molar refractivity (Wildman–Crippen MR) is 76.2 cm³/mol. The Labute approximate surface area is 123 Å². The van der Waals surface area contributed by atoms with Gasteiger partial charge >= 0.3 is 0 Å². The van der Waals surface area contributed by atoms with Gasteiger partial charge in [0.1, 0.15) is 10.8 Å². The molecule has 1 aromatic heterocycles. The molecular weight excluding hydrogens is 302 g/mol. The predicted octanol–water partition coefficient (Wildman–Crippen LogP) is 0.889. The molecule has 1 unspecified atom stereocenters. The van der Waals surface area contributed by atoms with Crippen molar-refractivity contribution in [2.45, 2.75) is 18.9 Å². The molecule has 1 aliphatic heterocycles. The van der Waals surface area contributed by atoms with Crippen molar-refractivity contribution < 1.29 is 13.2 Å². The van der Waals surface area contributed by atoms with Gasteiger partial charge < -0.3 is 4.90 Å². The van der Waals surface area contributed by atoms with E-state index in [0.717, 1.165) is 19.1 Å². The summed E-state index contributed by atoms with van der Waals surface area (Å²) in [7, 11) is -3.27. The Morgan fingerprint density at radius 3 is 2.90 bits per heavy atom. The molecule has 1 fully saturated rings. The van der Waals surface area contributed by atoms with Gasteiger partial charge in [0, 0.05) is 19.1 Å². The number of carbonyl (C=O) groups excluding carboxylic acids is 1. The van der Waals surface area contributed by atoms with E-state index in [1.165, 1.54) is 0 Å². The molecule has 8 heteroatoms. The zero-order chi connectivity index (χ0) is 14.8. The molecule has 0 radical (unpaired) electrons. The average Bonchev–Trinajstić information content (AvgIpc) is 2.36. The van der Waals surface area contributed by atoms with Gasteiger partial charge in [0.15, 0.2) is 0 Å². The van der Waals surface area contributed by atoms with E-state index in [1.807, 2.05) is 0 Å². The van der Waals surface area contributed by atoms with Gasteiger partial charge in [-0.25, -0.2) is 18.1 Å². The number of hydrogen-bond acceptors (Lipinski definition) is 4. The van der Waals surface area contributed by atoms with E-state index in [2.05, 4.69) is 9.71 Å². The van der Waals surface area contributed by atoms with Crippen LogP contribution in [0, 0.1) is 0 Å². The molecule has 1 amide bonds. The van der Waals surface area contributed by atoms with Crippen molar-refractivity contribution in [1.29, 1.82) is 0 Å². The number of amides is 1. The molecule has 20 heavy (non-hydrogen) atoms. The highest BCUT2D eigenvalue weighted by molar-refractivity contribution is 7.88. The third kappa shape index (κ3) is 4.16. The number of sulfonamides is 1. The Bertz CT molecular complexity index is 606. The fourth-order valence-electron chi connectivity index (χ4n) is 2.25. The van der Waals surface area contributed by atoms with Crippen molar-refractivity contribution in [2.24, 2.45) is 0 Å². The molecule has 2 rings (SSSR count). The fourth-order valence-corrected chi connectivity index (χ4v) is 3.21. The summed E-state index contributed by atoms with van der Waals surface area (Å²) < 4.78 is 25.0. The Morgan fingerprint density at radius 2 is 2.25 bits per heavy atom. The highest BCUT2D eigenvalue weighted by atomic mass is 35.5. The summed E-state index contributed by atoms with van der Waals surface area (Å²) in [6, 6.07) is 4.62. The van der Waals surface area contributed by atoms with Gasteiger partial charge in [0.2, 0.25) is 10.0 Å². The number of carbonyl (C=O) groups is 1. The molecule has 6 nitrogen and oxygen atoms in total. The van der Waals surface area contributed by atoms with Crippen molar-refractivity contribution in [3.8, 4) is 0 Å². The molecule has 1 atom stereocenters. The van der Waals surface area contributed by atoms with E-state index >= 15 is 0 Å². The summed E-state index contributed by atoms with van der Waals surface area (Å²) in [5, 5.41) is 0.263. The molecule has 0 saturated carbocycles.